The van der Waals surface area contributed by atoms with Gasteiger partial charge in [-0.05, 0) is 48.0 Å². The maximum atomic E-state index is 13.6. The first-order chi connectivity index (χ1) is 19.2. The van der Waals surface area contributed by atoms with Gasteiger partial charge in [-0.1, -0.05) is 53.3 Å². The summed E-state index contributed by atoms with van der Waals surface area (Å²) in [7, 11) is -2.98. The van der Waals surface area contributed by atoms with Gasteiger partial charge in [0.2, 0.25) is 11.0 Å². The molecule has 2 amide bonds. The van der Waals surface area contributed by atoms with Crippen LogP contribution in [0.15, 0.2) is 77.7 Å². The van der Waals surface area contributed by atoms with E-state index in [1.165, 1.54) is 25.3 Å². The fourth-order valence-electron chi connectivity index (χ4n) is 4.21. The molecule has 3 aromatic carbocycles. The molecule has 0 spiro atoms. The third kappa shape index (κ3) is 5.93. The van der Waals surface area contributed by atoms with E-state index in [0.29, 0.717) is 15.8 Å². The summed E-state index contributed by atoms with van der Waals surface area (Å²) in [5.41, 5.74) is 0.920. The summed E-state index contributed by atoms with van der Waals surface area (Å²) in [4.78, 5) is 25.5. The summed E-state index contributed by atoms with van der Waals surface area (Å²) in [5.74, 6) is -0.770. The molecule has 40 heavy (non-hydrogen) atoms. The predicted molar refractivity (Wildman–Crippen MR) is 149 cm³/mol. The van der Waals surface area contributed by atoms with E-state index in [9.17, 15) is 18.0 Å². The number of anilines is 1. The molecule has 1 unspecified atom stereocenters. The Hall–Kier alpha value is -4.00. The molecule has 4 aromatic rings. The van der Waals surface area contributed by atoms with Crippen molar-refractivity contribution < 1.29 is 27.5 Å². The van der Waals surface area contributed by atoms with Gasteiger partial charge >= 0.3 is 0 Å². The summed E-state index contributed by atoms with van der Waals surface area (Å²) >= 11 is 6.99. The van der Waals surface area contributed by atoms with E-state index in [-0.39, 0.29) is 46.8 Å². The Bertz CT molecular complexity index is 1650. The summed E-state index contributed by atoms with van der Waals surface area (Å²) < 4.78 is 39.0. The lowest BCUT2D eigenvalue weighted by atomic mass is 9.99. The molecule has 1 aliphatic rings. The highest BCUT2D eigenvalue weighted by Gasteiger charge is 2.40. The largest absolute Gasteiger partial charge is 0.495 e. The first-order valence-corrected chi connectivity index (χ1v) is 14.7. The molecular formula is C27H23ClN4O6S2. The van der Waals surface area contributed by atoms with Crippen LogP contribution in [0.2, 0.25) is 5.02 Å². The maximum Gasteiger partial charge on any atom is 0.270 e. The van der Waals surface area contributed by atoms with Crippen LogP contribution in [0.5, 0.6) is 11.5 Å². The fraction of sp³-hybridized carbons (Fsp3) is 0.185. The standard InChI is InChI=1S/C27H23ClN4O6S2/c1-37-22-12-7-18(26(34)29-27-31-30-24(39-27)16-38-21-10-8-20(28)9-11-21)13-23(22)40(35,36)32-15-19(14-25(32)33)17-5-3-2-4-6-17/h2-13,19H,14-16H2,1H3,(H,29,31,34). The SMILES string of the molecule is COc1ccc(C(=O)Nc2nnc(COc3ccc(Cl)cc3)s2)cc1S(=O)(=O)N1CC(c2ccccc2)CC1=O. The highest BCUT2D eigenvalue weighted by Crippen LogP contribution is 2.35. The summed E-state index contributed by atoms with van der Waals surface area (Å²) in [5, 5.41) is 11.9. The third-order valence-electron chi connectivity index (χ3n) is 6.21. The number of sulfonamides is 1. The van der Waals surface area contributed by atoms with E-state index < -0.39 is 21.8 Å². The van der Waals surface area contributed by atoms with Crippen LogP contribution in [-0.4, -0.2) is 48.4 Å². The number of hydrogen-bond donors (Lipinski definition) is 1. The first kappa shape index (κ1) is 27.6. The van der Waals surface area contributed by atoms with Crippen molar-refractivity contribution in [2.24, 2.45) is 0 Å². The van der Waals surface area contributed by atoms with E-state index in [0.717, 1.165) is 21.2 Å². The molecule has 5 rings (SSSR count). The number of hydrogen-bond acceptors (Lipinski definition) is 9. The van der Waals surface area contributed by atoms with Gasteiger partial charge in [0, 0.05) is 29.5 Å². The molecule has 1 aliphatic heterocycles. The molecule has 0 saturated carbocycles. The smallest absolute Gasteiger partial charge is 0.270 e. The highest BCUT2D eigenvalue weighted by molar-refractivity contribution is 7.89. The number of carbonyl (C=O) groups is 2. The molecular weight excluding hydrogens is 576 g/mol. The lowest BCUT2D eigenvalue weighted by molar-refractivity contribution is -0.123. The topological polar surface area (TPSA) is 128 Å². The van der Waals surface area contributed by atoms with Gasteiger partial charge in [-0.15, -0.1) is 10.2 Å². The second kappa shape index (κ2) is 11.6. The molecule has 1 N–H and O–H groups in total. The van der Waals surface area contributed by atoms with Gasteiger partial charge in [0.1, 0.15) is 23.0 Å². The number of aromatic nitrogens is 2. The molecule has 1 aromatic heterocycles. The van der Waals surface area contributed by atoms with Crippen LogP contribution in [0.1, 0.15) is 33.3 Å². The van der Waals surface area contributed by atoms with Crippen LogP contribution in [0.25, 0.3) is 0 Å². The van der Waals surface area contributed by atoms with Gasteiger partial charge in [0.15, 0.2) is 5.01 Å². The number of nitrogens with zero attached hydrogens (tertiary/aromatic N) is 3. The second-order valence-electron chi connectivity index (χ2n) is 8.80. The quantitative estimate of drug-likeness (QED) is 0.293. The molecule has 1 fully saturated rings. The molecule has 0 bridgehead atoms. The number of nitrogens with one attached hydrogen (secondary N) is 1. The summed E-state index contributed by atoms with van der Waals surface area (Å²) in [6.45, 7) is 0.129. The summed E-state index contributed by atoms with van der Waals surface area (Å²) in [6, 6.07) is 20.1. The van der Waals surface area contributed by atoms with Gasteiger partial charge < -0.3 is 9.47 Å². The zero-order valence-electron chi connectivity index (χ0n) is 21.1. The Balaban J connectivity index is 1.31. The zero-order chi connectivity index (χ0) is 28.3. The Kier molecular flexibility index (Phi) is 8.01. The van der Waals surface area contributed by atoms with Crippen molar-refractivity contribution in [3.8, 4) is 11.5 Å². The summed E-state index contributed by atoms with van der Waals surface area (Å²) in [6.07, 6.45) is 0.0624. The molecule has 13 heteroatoms. The molecule has 1 saturated heterocycles. The molecule has 0 radical (unpaired) electrons. The van der Waals surface area contributed by atoms with Gasteiger partial charge in [-0.2, -0.15) is 0 Å². The maximum absolute atomic E-state index is 13.6. The van der Waals surface area contributed by atoms with E-state index in [4.69, 9.17) is 21.1 Å². The van der Waals surface area contributed by atoms with Crippen LogP contribution in [-0.2, 0) is 21.4 Å². The lowest BCUT2D eigenvalue weighted by Crippen LogP contribution is -2.32. The highest BCUT2D eigenvalue weighted by atomic mass is 35.5. The molecule has 0 aliphatic carbocycles. The van der Waals surface area contributed by atoms with Crippen LogP contribution in [0.3, 0.4) is 0 Å². The van der Waals surface area contributed by atoms with E-state index in [1.54, 1.807) is 24.3 Å². The van der Waals surface area contributed by atoms with Crippen molar-refractivity contribution in [3.05, 3.63) is 94.0 Å². The Morgan fingerprint density at radius 2 is 1.85 bits per heavy atom. The number of benzene rings is 3. The van der Waals surface area contributed by atoms with Crippen LogP contribution in [0.4, 0.5) is 5.13 Å². The minimum absolute atomic E-state index is 0.00356. The van der Waals surface area contributed by atoms with Gasteiger partial charge in [0.25, 0.3) is 15.9 Å². The molecule has 1 atom stereocenters. The van der Waals surface area contributed by atoms with E-state index in [2.05, 4.69) is 15.5 Å². The number of carbonyl (C=O) groups excluding carboxylic acids is 2. The average Bonchev–Trinajstić information content (AvgIpc) is 3.59. The predicted octanol–water partition coefficient (Wildman–Crippen LogP) is 4.74. The van der Waals surface area contributed by atoms with Gasteiger partial charge in [-0.3, -0.25) is 14.9 Å². The van der Waals surface area contributed by atoms with Crippen molar-refractivity contribution in [3.63, 3.8) is 0 Å². The monoisotopic (exact) mass is 598 g/mol. The van der Waals surface area contributed by atoms with Crippen LogP contribution >= 0.6 is 22.9 Å². The minimum atomic E-state index is -4.30. The van der Waals surface area contributed by atoms with Crippen molar-refractivity contribution >= 4 is 49.9 Å². The fourth-order valence-corrected chi connectivity index (χ4v) is 6.62. The Labute approximate surface area is 239 Å². The Morgan fingerprint density at radius 3 is 2.58 bits per heavy atom. The second-order valence-corrected chi connectivity index (χ2v) is 12.1. The molecule has 10 nitrogen and oxygen atoms in total. The van der Waals surface area contributed by atoms with Crippen molar-refractivity contribution in [2.75, 3.05) is 19.0 Å². The Morgan fingerprint density at radius 1 is 1.10 bits per heavy atom. The number of methoxy groups -OCH3 is 1. The zero-order valence-corrected chi connectivity index (χ0v) is 23.5. The first-order valence-electron chi connectivity index (χ1n) is 12.1. The van der Waals surface area contributed by atoms with Crippen LogP contribution in [0, 0.1) is 0 Å². The number of amides is 2. The number of ether oxygens (including phenoxy) is 2. The number of halogens is 1. The molecule has 206 valence electrons. The van der Waals surface area contributed by atoms with E-state index in [1.807, 2.05) is 30.3 Å². The van der Waals surface area contributed by atoms with E-state index >= 15 is 0 Å². The van der Waals surface area contributed by atoms with Gasteiger partial charge in [-0.25, -0.2) is 12.7 Å². The number of rotatable bonds is 9. The lowest BCUT2D eigenvalue weighted by Gasteiger charge is -2.19. The minimum Gasteiger partial charge on any atom is -0.495 e. The van der Waals surface area contributed by atoms with Gasteiger partial charge in [0.05, 0.1) is 7.11 Å². The van der Waals surface area contributed by atoms with Crippen molar-refractivity contribution in [1.29, 1.82) is 0 Å². The van der Waals surface area contributed by atoms with Crippen molar-refractivity contribution in [2.45, 2.75) is 23.8 Å². The average molecular weight is 599 g/mol. The molecule has 2 heterocycles. The van der Waals surface area contributed by atoms with Crippen LogP contribution < -0.4 is 14.8 Å². The normalized spacial score (nSPS) is 15.2. The third-order valence-corrected chi connectivity index (χ3v) is 9.09. The van der Waals surface area contributed by atoms with Crippen molar-refractivity contribution in [1.82, 2.24) is 14.5 Å².